The average Bonchev–Trinajstić information content (AvgIpc) is 2.95. The first kappa shape index (κ1) is 14.3. The third-order valence-electron chi connectivity index (χ3n) is 2.70. The highest BCUT2D eigenvalue weighted by Crippen LogP contribution is 2.30. The molecule has 2 aromatic rings. The number of anilines is 1. The number of carbonyl (C=O) groups excluding carboxylic acids is 1. The monoisotopic (exact) mass is 298 g/mol. The number of likely N-dealkylation sites (N-methyl/N-ethyl adjacent to an activating group) is 1. The molecule has 8 nitrogen and oxygen atoms in total. The highest BCUT2D eigenvalue weighted by Gasteiger charge is 2.28. The Balaban J connectivity index is 2.38. The fourth-order valence-corrected chi connectivity index (χ4v) is 2.55. The van der Waals surface area contributed by atoms with Crippen molar-refractivity contribution in [2.45, 2.75) is 13.8 Å². The Bertz CT molecular complexity index is 635. The van der Waals surface area contributed by atoms with Crippen molar-refractivity contribution in [2.24, 2.45) is 0 Å². The van der Waals surface area contributed by atoms with Gasteiger partial charge in [-0.25, -0.2) is 0 Å². The summed E-state index contributed by atoms with van der Waals surface area (Å²) in [5.74, 6) is -0.371. The molecule has 9 heteroatoms. The molecule has 0 aromatic carbocycles. The lowest BCUT2D eigenvalue weighted by Gasteiger charge is -2.18. The van der Waals surface area contributed by atoms with E-state index >= 15 is 0 Å². The maximum Gasteiger partial charge on any atom is 0.373 e. The Kier molecular flexibility index (Phi) is 4.18. The van der Waals surface area contributed by atoms with Crippen LogP contribution in [0.15, 0.2) is 11.6 Å². The molecule has 20 heavy (non-hydrogen) atoms. The van der Waals surface area contributed by atoms with Crippen LogP contribution in [0, 0.1) is 10.1 Å². The molecule has 0 saturated heterocycles. The second-order valence-corrected chi connectivity index (χ2v) is 4.76. The zero-order valence-electron chi connectivity index (χ0n) is 11.1. The quantitative estimate of drug-likeness (QED) is 0.458. The van der Waals surface area contributed by atoms with Gasteiger partial charge in [0.1, 0.15) is 12.7 Å². The molecule has 0 saturated carbocycles. The van der Waals surface area contributed by atoms with Crippen molar-refractivity contribution in [3.05, 3.63) is 21.7 Å². The van der Waals surface area contributed by atoms with Gasteiger partial charge in [-0.15, -0.1) is 0 Å². The van der Waals surface area contributed by atoms with Crippen LogP contribution in [0.1, 0.15) is 13.8 Å². The summed E-state index contributed by atoms with van der Waals surface area (Å²) in [6.07, 6.45) is 1.59. The topological polar surface area (TPSA) is 90.0 Å². The highest BCUT2D eigenvalue weighted by atomic mass is 32.1. The molecule has 2 aromatic heterocycles. The van der Waals surface area contributed by atoms with Crippen LogP contribution in [0.25, 0.3) is 4.96 Å². The second-order valence-electron chi connectivity index (χ2n) is 3.89. The fourth-order valence-electron chi connectivity index (χ4n) is 1.84. The zero-order valence-corrected chi connectivity index (χ0v) is 11.9. The molecule has 0 atom stereocenters. The van der Waals surface area contributed by atoms with Gasteiger partial charge in [0.25, 0.3) is 4.96 Å². The number of nitrogens with zero attached hydrogens (tertiary/aromatic N) is 4. The van der Waals surface area contributed by atoms with Gasteiger partial charge in [-0.3, -0.25) is 4.79 Å². The summed E-state index contributed by atoms with van der Waals surface area (Å²) in [5.41, 5.74) is 0. The first-order valence-electron chi connectivity index (χ1n) is 6.09. The van der Waals surface area contributed by atoms with Gasteiger partial charge in [0.05, 0.1) is 6.61 Å². The van der Waals surface area contributed by atoms with Crippen molar-refractivity contribution in [1.29, 1.82) is 0 Å². The molecule has 0 N–H and O–H groups in total. The Morgan fingerprint density at radius 3 is 2.95 bits per heavy atom. The van der Waals surface area contributed by atoms with Gasteiger partial charge in [-0.1, -0.05) is 11.3 Å². The number of thiazole rings is 1. The minimum Gasteiger partial charge on any atom is -0.465 e. The van der Waals surface area contributed by atoms with Gasteiger partial charge in [0, 0.05) is 11.9 Å². The fraction of sp³-hybridized carbons (Fsp3) is 0.455. The SMILES string of the molecule is CCOC(=O)CN(CC)c1nc2sccn2c1[N+](=O)[O-]. The zero-order chi connectivity index (χ0) is 14.7. The largest absolute Gasteiger partial charge is 0.465 e. The minimum atomic E-state index is -0.490. The van der Waals surface area contributed by atoms with E-state index in [2.05, 4.69) is 4.98 Å². The van der Waals surface area contributed by atoms with Crippen molar-refractivity contribution >= 4 is 33.9 Å². The predicted octanol–water partition coefficient (Wildman–Crippen LogP) is 1.69. The van der Waals surface area contributed by atoms with Crippen LogP contribution in [-0.2, 0) is 9.53 Å². The number of aromatic nitrogens is 2. The van der Waals surface area contributed by atoms with Crippen molar-refractivity contribution in [3.63, 3.8) is 0 Å². The summed E-state index contributed by atoms with van der Waals surface area (Å²) >= 11 is 1.30. The second kappa shape index (κ2) is 5.87. The molecule has 0 bridgehead atoms. The molecule has 108 valence electrons. The molecule has 0 spiro atoms. The summed E-state index contributed by atoms with van der Waals surface area (Å²) in [6.45, 7) is 4.15. The lowest BCUT2D eigenvalue weighted by Crippen LogP contribution is -2.31. The van der Waals surface area contributed by atoms with Gasteiger partial charge in [-0.05, 0) is 18.8 Å². The van der Waals surface area contributed by atoms with Crippen LogP contribution >= 0.6 is 11.3 Å². The van der Waals surface area contributed by atoms with E-state index < -0.39 is 10.9 Å². The molecule has 0 radical (unpaired) electrons. The number of rotatable bonds is 6. The molecule has 0 aliphatic rings. The Morgan fingerprint density at radius 2 is 2.35 bits per heavy atom. The van der Waals surface area contributed by atoms with Gasteiger partial charge in [0.2, 0.25) is 5.82 Å². The molecule has 0 amide bonds. The van der Waals surface area contributed by atoms with Crippen LogP contribution in [0.5, 0.6) is 0 Å². The Hall–Kier alpha value is -2.16. The van der Waals surface area contributed by atoms with Crippen molar-refractivity contribution < 1.29 is 14.5 Å². The maximum absolute atomic E-state index is 11.6. The summed E-state index contributed by atoms with van der Waals surface area (Å²) in [4.78, 5) is 28.6. The molecular formula is C11H14N4O4S. The van der Waals surface area contributed by atoms with E-state index in [1.165, 1.54) is 20.6 Å². The van der Waals surface area contributed by atoms with Crippen LogP contribution < -0.4 is 4.90 Å². The molecule has 0 aliphatic carbocycles. The number of hydrogen-bond donors (Lipinski definition) is 0. The molecule has 0 unspecified atom stereocenters. The number of fused-ring (bicyclic) bond motifs is 1. The lowest BCUT2D eigenvalue weighted by atomic mass is 10.4. The number of carbonyl (C=O) groups is 1. The molecule has 0 aliphatic heterocycles. The van der Waals surface area contributed by atoms with Gasteiger partial charge < -0.3 is 19.8 Å². The molecule has 2 heterocycles. The van der Waals surface area contributed by atoms with E-state index in [9.17, 15) is 14.9 Å². The summed E-state index contributed by atoms with van der Waals surface area (Å²) in [6, 6.07) is 0. The Labute approximate surface area is 118 Å². The highest BCUT2D eigenvalue weighted by molar-refractivity contribution is 7.15. The molecule has 0 fully saturated rings. The number of nitro groups is 1. The lowest BCUT2D eigenvalue weighted by molar-refractivity contribution is -0.389. The van der Waals surface area contributed by atoms with Crippen molar-refractivity contribution in [3.8, 4) is 0 Å². The standard InChI is InChI=1S/C11H14N4O4S/c1-3-13(7-8(16)19-4-2)9-10(15(17)18)14-5-6-20-11(14)12-9/h5-6H,3-4,7H2,1-2H3. The van der Waals surface area contributed by atoms with Gasteiger partial charge >= 0.3 is 11.8 Å². The predicted molar refractivity (Wildman–Crippen MR) is 74.2 cm³/mol. The smallest absolute Gasteiger partial charge is 0.373 e. The average molecular weight is 298 g/mol. The van der Waals surface area contributed by atoms with Crippen LogP contribution in [-0.4, -0.2) is 40.0 Å². The van der Waals surface area contributed by atoms with Gasteiger partial charge in [-0.2, -0.15) is 9.38 Å². The molecular weight excluding hydrogens is 284 g/mol. The first-order valence-corrected chi connectivity index (χ1v) is 6.96. The van der Waals surface area contributed by atoms with Crippen LogP contribution in [0.3, 0.4) is 0 Å². The van der Waals surface area contributed by atoms with E-state index in [4.69, 9.17) is 4.74 Å². The number of ether oxygens (including phenoxy) is 1. The van der Waals surface area contributed by atoms with Crippen LogP contribution in [0.4, 0.5) is 11.6 Å². The normalized spacial score (nSPS) is 10.7. The third-order valence-corrected chi connectivity index (χ3v) is 3.46. The third kappa shape index (κ3) is 2.57. The minimum absolute atomic E-state index is 0.0595. The number of hydrogen-bond acceptors (Lipinski definition) is 7. The summed E-state index contributed by atoms with van der Waals surface area (Å²) in [7, 11) is 0. The van der Waals surface area contributed by atoms with Crippen molar-refractivity contribution in [2.75, 3.05) is 24.6 Å². The van der Waals surface area contributed by atoms with E-state index in [-0.39, 0.29) is 24.8 Å². The van der Waals surface area contributed by atoms with Gasteiger partial charge in [0.15, 0.2) is 0 Å². The van der Waals surface area contributed by atoms with Crippen molar-refractivity contribution in [1.82, 2.24) is 9.38 Å². The maximum atomic E-state index is 11.6. The van der Waals surface area contributed by atoms with E-state index in [0.29, 0.717) is 11.5 Å². The van der Waals surface area contributed by atoms with E-state index in [0.717, 1.165) is 0 Å². The Morgan fingerprint density at radius 1 is 1.60 bits per heavy atom. The number of imidazole rings is 1. The number of esters is 1. The summed E-state index contributed by atoms with van der Waals surface area (Å²) in [5, 5.41) is 13.0. The summed E-state index contributed by atoms with van der Waals surface area (Å²) < 4.78 is 6.28. The van der Waals surface area contributed by atoms with Crippen LogP contribution in [0.2, 0.25) is 0 Å². The van der Waals surface area contributed by atoms with E-state index in [1.807, 2.05) is 0 Å². The first-order chi connectivity index (χ1) is 9.58. The molecule has 2 rings (SSSR count). The van der Waals surface area contributed by atoms with E-state index in [1.54, 1.807) is 25.4 Å².